The number of hydrogen-bond acceptors (Lipinski definition) is 6. The van der Waals surface area contributed by atoms with Crippen LogP contribution in [0.25, 0.3) is 0 Å². The van der Waals surface area contributed by atoms with Crippen molar-refractivity contribution < 1.29 is 25.2 Å². The predicted octanol–water partition coefficient (Wildman–Crippen LogP) is -2.65. The van der Waals surface area contributed by atoms with E-state index in [4.69, 9.17) is 9.84 Å². The molecular formula is C8H17NO5. The molecule has 0 saturated carbocycles. The van der Waals surface area contributed by atoms with Gasteiger partial charge in [0.1, 0.15) is 18.3 Å². The molecule has 0 aromatic heterocycles. The maximum absolute atomic E-state index is 9.81. The van der Waals surface area contributed by atoms with Crippen LogP contribution in [-0.4, -0.2) is 76.7 Å². The van der Waals surface area contributed by atoms with Crippen LogP contribution in [0.3, 0.4) is 0 Å². The number of hydrogen-bond donors (Lipinski definition) is 4. The van der Waals surface area contributed by atoms with Gasteiger partial charge in [-0.2, -0.15) is 0 Å². The fraction of sp³-hybridized carbons (Fsp3) is 1.00. The third-order valence-electron chi connectivity index (χ3n) is 2.23. The van der Waals surface area contributed by atoms with E-state index in [-0.39, 0.29) is 13.2 Å². The lowest BCUT2D eigenvalue weighted by molar-refractivity contribution is -0.323. The van der Waals surface area contributed by atoms with E-state index in [2.05, 4.69) is 0 Å². The van der Waals surface area contributed by atoms with Crippen LogP contribution in [0.2, 0.25) is 0 Å². The molecule has 1 fully saturated rings. The van der Waals surface area contributed by atoms with Crippen LogP contribution in [0.5, 0.6) is 0 Å². The minimum Gasteiger partial charge on any atom is -0.388 e. The zero-order valence-corrected chi connectivity index (χ0v) is 8.29. The van der Waals surface area contributed by atoms with E-state index in [0.717, 1.165) is 0 Å². The van der Waals surface area contributed by atoms with Crippen molar-refractivity contribution in [2.45, 2.75) is 24.1 Å². The van der Waals surface area contributed by atoms with Crippen molar-refractivity contribution in [3.63, 3.8) is 0 Å². The molecule has 6 heteroatoms. The summed E-state index contributed by atoms with van der Waals surface area (Å²) in [6, 6.07) is 0. The maximum atomic E-state index is 9.81. The van der Waals surface area contributed by atoms with Crippen molar-refractivity contribution in [3.8, 4) is 0 Å². The fourth-order valence-electron chi connectivity index (χ4n) is 1.48. The Morgan fingerprint density at radius 1 is 1.36 bits per heavy atom. The molecule has 1 aliphatic heterocycles. The summed E-state index contributed by atoms with van der Waals surface area (Å²) in [5.41, 5.74) is 0. The molecule has 6 nitrogen and oxygen atoms in total. The van der Waals surface area contributed by atoms with E-state index < -0.39 is 24.1 Å². The van der Waals surface area contributed by atoms with Gasteiger partial charge in [-0.1, -0.05) is 0 Å². The fourth-order valence-corrected chi connectivity index (χ4v) is 1.48. The van der Waals surface area contributed by atoms with Gasteiger partial charge in [0.15, 0.2) is 0 Å². The van der Waals surface area contributed by atoms with Crippen molar-refractivity contribution >= 4 is 0 Å². The van der Waals surface area contributed by atoms with Crippen molar-refractivity contribution in [1.82, 2.24) is 4.90 Å². The first-order chi connectivity index (χ1) is 6.37. The largest absolute Gasteiger partial charge is 0.388 e. The van der Waals surface area contributed by atoms with Gasteiger partial charge in [0.2, 0.25) is 5.79 Å². The lowest BCUT2D eigenvalue weighted by Gasteiger charge is -2.42. The van der Waals surface area contributed by atoms with Crippen LogP contribution in [0.1, 0.15) is 0 Å². The van der Waals surface area contributed by atoms with Gasteiger partial charge in [0.05, 0.1) is 13.2 Å². The minimum absolute atomic E-state index is 0.0535. The summed E-state index contributed by atoms with van der Waals surface area (Å²) < 4.78 is 4.93. The number of likely N-dealkylation sites (N-methyl/N-ethyl adjacent to an activating group) is 1. The summed E-state index contributed by atoms with van der Waals surface area (Å²) in [6.45, 7) is -0.138. The highest BCUT2D eigenvalue weighted by Crippen LogP contribution is 2.24. The van der Waals surface area contributed by atoms with Gasteiger partial charge in [-0.05, 0) is 14.1 Å². The maximum Gasteiger partial charge on any atom is 0.207 e. The Bertz CT molecular complexity index is 200. The van der Waals surface area contributed by atoms with Gasteiger partial charge >= 0.3 is 0 Å². The Labute approximate surface area is 82.3 Å². The molecular weight excluding hydrogens is 190 g/mol. The zero-order chi connectivity index (χ0) is 10.9. The Morgan fingerprint density at radius 3 is 2.43 bits per heavy atom. The first-order valence-electron chi connectivity index (χ1n) is 4.42. The number of nitrogens with zero attached hydrogens (tertiary/aromatic N) is 1. The molecule has 0 amide bonds. The van der Waals surface area contributed by atoms with Gasteiger partial charge in [-0.3, -0.25) is 0 Å². The van der Waals surface area contributed by atoms with E-state index >= 15 is 0 Å². The Kier molecular flexibility index (Phi) is 3.46. The van der Waals surface area contributed by atoms with E-state index in [1.165, 1.54) is 0 Å². The average molecular weight is 207 g/mol. The molecule has 4 atom stereocenters. The van der Waals surface area contributed by atoms with Crippen LogP contribution < -0.4 is 0 Å². The lowest BCUT2D eigenvalue weighted by Crippen LogP contribution is -2.64. The molecule has 14 heavy (non-hydrogen) atoms. The van der Waals surface area contributed by atoms with Crippen molar-refractivity contribution in [1.29, 1.82) is 0 Å². The topological polar surface area (TPSA) is 93.4 Å². The highest BCUT2D eigenvalue weighted by molar-refractivity contribution is 4.92. The molecule has 1 aliphatic rings. The normalized spacial score (nSPS) is 44.4. The molecule has 1 rings (SSSR count). The Morgan fingerprint density at radius 2 is 1.93 bits per heavy atom. The molecule has 84 valence electrons. The molecule has 1 saturated heterocycles. The van der Waals surface area contributed by atoms with Gasteiger partial charge in [-0.15, -0.1) is 0 Å². The monoisotopic (exact) mass is 207 g/mol. The lowest BCUT2D eigenvalue weighted by atomic mass is 9.96. The molecule has 0 unspecified atom stereocenters. The number of aliphatic hydroxyl groups excluding tert-OH is 3. The van der Waals surface area contributed by atoms with Crippen molar-refractivity contribution in [3.05, 3.63) is 0 Å². The zero-order valence-electron chi connectivity index (χ0n) is 8.29. The van der Waals surface area contributed by atoms with Gasteiger partial charge in [0.25, 0.3) is 0 Å². The molecule has 0 aromatic rings. The van der Waals surface area contributed by atoms with Crippen LogP contribution in [-0.2, 0) is 4.74 Å². The first-order valence-corrected chi connectivity index (χ1v) is 4.42. The molecule has 0 spiro atoms. The molecule has 0 aromatic carbocycles. The van der Waals surface area contributed by atoms with E-state index in [9.17, 15) is 15.3 Å². The van der Waals surface area contributed by atoms with Crippen molar-refractivity contribution in [2.24, 2.45) is 0 Å². The van der Waals surface area contributed by atoms with Crippen molar-refractivity contribution in [2.75, 3.05) is 27.2 Å². The standard InChI is InChI=1S/C8H17NO5/c1-9(2)4-8(13)7(12)6(11)5(10)3-14-8/h5-7,10-13H,3-4H2,1-2H3/t5-,6+,7+,8-/m1/s1. The third-order valence-corrected chi connectivity index (χ3v) is 2.23. The number of ether oxygens (including phenoxy) is 1. The SMILES string of the molecule is CN(C)C[C@@]1(O)OC[C@@H](O)[C@H](O)[C@@H]1O. The highest BCUT2D eigenvalue weighted by Gasteiger charge is 2.48. The summed E-state index contributed by atoms with van der Waals surface area (Å²) in [6.07, 6.45) is -4.05. The van der Waals surface area contributed by atoms with Crippen LogP contribution in [0.15, 0.2) is 0 Å². The van der Waals surface area contributed by atoms with Crippen LogP contribution >= 0.6 is 0 Å². The smallest absolute Gasteiger partial charge is 0.207 e. The molecule has 0 bridgehead atoms. The molecule has 1 heterocycles. The Hall–Kier alpha value is -0.240. The highest BCUT2D eigenvalue weighted by atomic mass is 16.6. The van der Waals surface area contributed by atoms with Gasteiger partial charge < -0.3 is 30.1 Å². The van der Waals surface area contributed by atoms with E-state index in [1.54, 1.807) is 19.0 Å². The number of aliphatic hydroxyl groups is 4. The quantitative estimate of drug-likeness (QED) is 0.395. The van der Waals surface area contributed by atoms with Gasteiger partial charge in [-0.25, -0.2) is 0 Å². The predicted molar refractivity (Wildman–Crippen MR) is 47.5 cm³/mol. The van der Waals surface area contributed by atoms with E-state index in [0.29, 0.717) is 0 Å². The second kappa shape index (κ2) is 4.09. The summed E-state index contributed by atoms with van der Waals surface area (Å²) in [5.74, 6) is -1.82. The molecule has 0 aliphatic carbocycles. The van der Waals surface area contributed by atoms with Gasteiger partial charge in [0, 0.05) is 0 Å². The minimum atomic E-state index is -1.82. The third kappa shape index (κ3) is 2.22. The van der Waals surface area contributed by atoms with E-state index in [1.807, 2.05) is 0 Å². The molecule has 4 N–H and O–H groups in total. The second-order valence-electron chi connectivity index (χ2n) is 3.90. The first kappa shape index (κ1) is 11.8. The summed E-state index contributed by atoms with van der Waals surface area (Å²) in [5, 5.41) is 37.8. The summed E-state index contributed by atoms with van der Waals surface area (Å²) in [7, 11) is 3.40. The summed E-state index contributed by atoms with van der Waals surface area (Å²) in [4.78, 5) is 1.62. The summed E-state index contributed by atoms with van der Waals surface area (Å²) >= 11 is 0. The van der Waals surface area contributed by atoms with Crippen LogP contribution in [0.4, 0.5) is 0 Å². The van der Waals surface area contributed by atoms with Crippen LogP contribution in [0, 0.1) is 0 Å². The number of rotatable bonds is 2. The Balaban J connectivity index is 2.69. The molecule has 0 radical (unpaired) electrons. The second-order valence-corrected chi connectivity index (χ2v) is 3.90. The average Bonchev–Trinajstić information content (AvgIpc) is 2.08.